The van der Waals surface area contributed by atoms with Gasteiger partial charge < -0.3 is 0 Å². The topological polar surface area (TPSA) is 72.0 Å². The van der Waals surface area contributed by atoms with Crippen LogP contribution in [0.3, 0.4) is 0 Å². The maximum absolute atomic E-state index is 12.1. The lowest BCUT2D eigenvalue weighted by atomic mass is 10.4. The molecule has 2 rings (SSSR count). The first-order valence-corrected chi connectivity index (χ1v) is 8.55. The number of hydrogen-bond donors (Lipinski definition) is 1. The van der Waals surface area contributed by atoms with Crippen LogP contribution in [0.4, 0.5) is 5.95 Å². The molecule has 1 N–H and O–H groups in total. The van der Waals surface area contributed by atoms with Crippen molar-refractivity contribution in [1.82, 2.24) is 9.97 Å². The van der Waals surface area contributed by atoms with Gasteiger partial charge in [0.1, 0.15) is 9.36 Å². The fraction of sp³-hybridized carbons (Fsp3) is 0.200. The fourth-order valence-electron chi connectivity index (χ4n) is 1.31. The van der Waals surface area contributed by atoms with Crippen LogP contribution in [0.2, 0.25) is 5.15 Å². The van der Waals surface area contributed by atoms with Gasteiger partial charge in [0.05, 0.1) is 3.79 Å². The van der Waals surface area contributed by atoms with E-state index in [1.807, 2.05) is 6.92 Å². The highest BCUT2D eigenvalue weighted by atomic mass is 79.9. The molecule has 0 unspecified atom stereocenters. The minimum Gasteiger partial charge on any atom is -0.246 e. The van der Waals surface area contributed by atoms with E-state index >= 15 is 0 Å². The molecular weight excluding hydrogens is 374 g/mol. The summed E-state index contributed by atoms with van der Waals surface area (Å²) in [6.45, 7) is 3.52. The average molecular weight is 383 g/mol. The predicted molar refractivity (Wildman–Crippen MR) is 79.3 cm³/mol. The van der Waals surface area contributed by atoms with E-state index in [0.29, 0.717) is 5.69 Å². The van der Waals surface area contributed by atoms with E-state index in [0.717, 1.165) is 20.7 Å². The second kappa shape index (κ2) is 5.35. The third-order valence-electron chi connectivity index (χ3n) is 2.15. The molecule has 9 heteroatoms. The van der Waals surface area contributed by atoms with Gasteiger partial charge in [0, 0.05) is 5.69 Å². The number of aryl methyl sites for hydroxylation is 2. The van der Waals surface area contributed by atoms with Crippen LogP contribution in [-0.4, -0.2) is 18.4 Å². The van der Waals surface area contributed by atoms with Gasteiger partial charge in [0.25, 0.3) is 10.0 Å². The Morgan fingerprint density at radius 3 is 2.53 bits per heavy atom. The zero-order valence-electron chi connectivity index (χ0n) is 9.94. The van der Waals surface area contributed by atoms with E-state index in [4.69, 9.17) is 11.6 Å². The van der Waals surface area contributed by atoms with E-state index in [2.05, 4.69) is 30.6 Å². The SMILES string of the molecule is Cc1cc(Cl)nc(NS(=O)(=O)c2cc(C)c(Br)s2)n1. The van der Waals surface area contributed by atoms with E-state index in [-0.39, 0.29) is 15.3 Å². The molecule has 0 aliphatic carbocycles. The van der Waals surface area contributed by atoms with Crippen LogP contribution in [0.25, 0.3) is 0 Å². The molecule has 0 fully saturated rings. The Morgan fingerprint density at radius 2 is 2.00 bits per heavy atom. The average Bonchev–Trinajstić information content (AvgIpc) is 2.57. The number of nitrogens with zero attached hydrogens (tertiary/aromatic N) is 2. The fourth-order valence-corrected chi connectivity index (χ4v) is 4.72. The molecule has 0 aromatic carbocycles. The second-order valence-corrected chi connectivity index (χ2v) is 8.45. The van der Waals surface area contributed by atoms with Gasteiger partial charge in [-0.05, 0) is 47.5 Å². The third kappa shape index (κ3) is 3.44. The summed E-state index contributed by atoms with van der Waals surface area (Å²) >= 11 is 10.2. The molecule has 2 aromatic heterocycles. The van der Waals surface area contributed by atoms with Crippen molar-refractivity contribution in [2.24, 2.45) is 0 Å². The molecule has 0 spiro atoms. The largest absolute Gasteiger partial charge is 0.273 e. The van der Waals surface area contributed by atoms with E-state index in [1.54, 1.807) is 19.1 Å². The number of sulfonamides is 1. The quantitative estimate of drug-likeness (QED) is 0.826. The monoisotopic (exact) mass is 381 g/mol. The van der Waals surface area contributed by atoms with Gasteiger partial charge in [-0.25, -0.2) is 23.1 Å². The van der Waals surface area contributed by atoms with Crippen molar-refractivity contribution in [3.63, 3.8) is 0 Å². The van der Waals surface area contributed by atoms with Gasteiger partial charge in [-0.15, -0.1) is 11.3 Å². The van der Waals surface area contributed by atoms with Crippen LogP contribution < -0.4 is 4.72 Å². The van der Waals surface area contributed by atoms with Crippen LogP contribution in [-0.2, 0) is 10.0 Å². The number of aromatic nitrogens is 2. The van der Waals surface area contributed by atoms with Crippen molar-refractivity contribution < 1.29 is 8.42 Å². The standard InChI is InChI=1S/C10H9BrClN3O2S2/c1-5-3-8(18-9(5)11)19(16,17)15-10-13-6(2)4-7(12)14-10/h3-4H,1-2H3,(H,13,14,15). The second-order valence-electron chi connectivity index (χ2n) is 3.78. The summed E-state index contributed by atoms with van der Waals surface area (Å²) in [4.78, 5) is 7.81. The minimum absolute atomic E-state index is 0.0350. The smallest absolute Gasteiger partial charge is 0.246 e. The van der Waals surface area contributed by atoms with Gasteiger partial charge >= 0.3 is 0 Å². The van der Waals surface area contributed by atoms with Gasteiger partial charge in [0.2, 0.25) is 5.95 Å². The van der Waals surface area contributed by atoms with Crippen LogP contribution in [0.1, 0.15) is 11.3 Å². The summed E-state index contributed by atoms with van der Waals surface area (Å²) < 4.78 is 27.6. The van der Waals surface area contributed by atoms with Crippen LogP contribution in [0, 0.1) is 13.8 Å². The van der Waals surface area contributed by atoms with Gasteiger partial charge in [-0.2, -0.15) is 0 Å². The highest BCUT2D eigenvalue weighted by molar-refractivity contribution is 9.11. The predicted octanol–water partition coefficient (Wildman–Crippen LogP) is 3.37. The van der Waals surface area contributed by atoms with Crippen molar-refractivity contribution in [3.05, 3.63) is 32.3 Å². The number of anilines is 1. The lowest BCUT2D eigenvalue weighted by Gasteiger charge is -2.05. The highest BCUT2D eigenvalue weighted by Crippen LogP contribution is 2.31. The normalized spacial score (nSPS) is 11.6. The molecule has 102 valence electrons. The van der Waals surface area contributed by atoms with Crippen molar-refractivity contribution in [2.45, 2.75) is 18.1 Å². The maximum atomic E-state index is 12.1. The molecule has 2 aromatic rings. The molecule has 0 aliphatic rings. The first kappa shape index (κ1) is 14.7. The van der Waals surface area contributed by atoms with E-state index in [9.17, 15) is 8.42 Å². The molecule has 0 bridgehead atoms. The summed E-state index contributed by atoms with van der Waals surface area (Å²) in [5.74, 6) is -0.0350. The number of thiophene rings is 1. The van der Waals surface area contributed by atoms with Crippen LogP contribution in [0.15, 0.2) is 20.1 Å². The van der Waals surface area contributed by atoms with Gasteiger partial charge in [-0.1, -0.05) is 11.6 Å². The van der Waals surface area contributed by atoms with Crippen molar-refractivity contribution in [3.8, 4) is 0 Å². The molecule has 0 aliphatic heterocycles. The summed E-state index contributed by atoms with van der Waals surface area (Å²) in [6, 6.07) is 3.12. The Hall–Kier alpha value is -0.700. The Kier molecular flexibility index (Phi) is 4.14. The summed E-state index contributed by atoms with van der Waals surface area (Å²) in [5, 5.41) is 0.189. The third-order valence-corrected chi connectivity index (χ3v) is 6.28. The Bertz CT molecular complexity index is 691. The molecule has 2 heterocycles. The number of nitrogens with one attached hydrogen (secondary N) is 1. The molecular formula is C10H9BrClN3O2S2. The number of rotatable bonds is 3. The molecule has 0 saturated carbocycles. The number of hydrogen-bond acceptors (Lipinski definition) is 5. The zero-order valence-corrected chi connectivity index (χ0v) is 13.9. The lowest BCUT2D eigenvalue weighted by Crippen LogP contribution is -2.14. The molecule has 0 saturated heterocycles. The highest BCUT2D eigenvalue weighted by Gasteiger charge is 2.19. The minimum atomic E-state index is -3.69. The lowest BCUT2D eigenvalue weighted by molar-refractivity contribution is 0.602. The Balaban J connectivity index is 2.36. The Morgan fingerprint density at radius 1 is 1.32 bits per heavy atom. The molecule has 0 radical (unpaired) electrons. The van der Waals surface area contributed by atoms with E-state index in [1.165, 1.54) is 0 Å². The van der Waals surface area contributed by atoms with Crippen molar-refractivity contribution in [1.29, 1.82) is 0 Å². The van der Waals surface area contributed by atoms with Crippen LogP contribution in [0.5, 0.6) is 0 Å². The van der Waals surface area contributed by atoms with Gasteiger partial charge in [0.15, 0.2) is 0 Å². The molecule has 5 nitrogen and oxygen atoms in total. The first-order chi connectivity index (χ1) is 8.78. The molecule has 19 heavy (non-hydrogen) atoms. The number of halogens is 2. The van der Waals surface area contributed by atoms with Crippen molar-refractivity contribution >= 4 is 54.8 Å². The van der Waals surface area contributed by atoms with Crippen LogP contribution >= 0.6 is 38.9 Å². The van der Waals surface area contributed by atoms with Crippen molar-refractivity contribution in [2.75, 3.05) is 4.72 Å². The Labute approximate surface area is 128 Å². The maximum Gasteiger partial charge on any atom is 0.273 e. The summed E-state index contributed by atoms with van der Waals surface area (Å²) in [5.41, 5.74) is 1.44. The first-order valence-electron chi connectivity index (χ1n) is 5.08. The van der Waals surface area contributed by atoms with Gasteiger partial charge in [-0.3, -0.25) is 0 Å². The van der Waals surface area contributed by atoms with E-state index < -0.39 is 10.0 Å². The zero-order chi connectivity index (χ0) is 14.2. The summed E-state index contributed by atoms with van der Waals surface area (Å²) in [7, 11) is -3.69. The molecule has 0 atom stereocenters. The summed E-state index contributed by atoms with van der Waals surface area (Å²) in [6.07, 6.45) is 0. The molecule has 0 amide bonds.